The molecule has 2 heterocycles. The number of nitrogens with zero attached hydrogens (tertiary/aromatic N) is 2. The molecule has 0 aliphatic carbocycles. The predicted molar refractivity (Wildman–Crippen MR) is 91.6 cm³/mol. The van der Waals surface area contributed by atoms with Gasteiger partial charge in [0.05, 0.1) is 28.8 Å². The second-order valence-corrected chi connectivity index (χ2v) is 8.44. The lowest BCUT2D eigenvalue weighted by Crippen LogP contribution is -2.24. The quantitative estimate of drug-likeness (QED) is 0.914. The average Bonchev–Trinajstić information content (AvgIpc) is 3.05. The van der Waals surface area contributed by atoms with Crippen molar-refractivity contribution in [3.05, 3.63) is 52.8 Å². The number of amides is 1. The zero-order valence-corrected chi connectivity index (χ0v) is 14.6. The van der Waals surface area contributed by atoms with Gasteiger partial charge in [0, 0.05) is 12.2 Å². The number of aromatic nitrogens is 2. The SMILES string of the molecule is Cc1nn(C2CCS(=O)(=O)C2)c(C)c1C(=O)NCc1ccccc1. The number of benzene rings is 1. The summed E-state index contributed by atoms with van der Waals surface area (Å²) in [6.45, 7) is 4.05. The van der Waals surface area contributed by atoms with Gasteiger partial charge in [0.1, 0.15) is 0 Å². The van der Waals surface area contributed by atoms with Gasteiger partial charge in [-0.1, -0.05) is 30.3 Å². The summed E-state index contributed by atoms with van der Waals surface area (Å²) < 4.78 is 25.1. The van der Waals surface area contributed by atoms with Crippen LogP contribution < -0.4 is 5.32 Å². The van der Waals surface area contributed by atoms with E-state index in [4.69, 9.17) is 0 Å². The van der Waals surface area contributed by atoms with Gasteiger partial charge in [-0.25, -0.2) is 8.42 Å². The molecule has 1 aromatic carbocycles. The van der Waals surface area contributed by atoms with Crippen molar-refractivity contribution in [1.82, 2.24) is 15.1 Å². The number of aryl methyl sites for hydroxylation is 1. The van der Waals surface area contributed by atoms with E-state index in [1.165, 1.54) is 0 Å². The first kappa shape index (κ1) is 16.7. The van der Waals surface area contributed by atoms with E-state index in [-0.39, 0.29) is 23.5 Å². The van der Waals surface area contributed by atoms with Crippen molar-refractivity contribution in [3.8, 4) is 0 Å². The third-order valence-electron chi connectivity index (χ3n) is 4.40. The summed E-state index contributed by atoms with van der Waals surface area (Å²) in [7, 11) is -2.99. The smallest absolute Gasteiger partial charge is 0.255 e. The van der Waals surface area contributed by atoms with Gasteiger partial charge in [-0.05, 0) is 25.8 Å². The van der Waals surface area contributed by atoms with Gasteiger partial charge in [-0.3, -0.25) is 9.48 Å². The summed E-state index contributed by atoms with van der Waals surface area (Å²) in [6.07, 6.45) is 0.551. The van der Waals surface area contributed by atoms with Crippen LogP contribution in [0.4, 0.5) is 0 Å². The number of carbonyl (C=O) groups is 1. The second-order valence-electron chi connectivity index (χ2n) is 6.22. The van der Waals surface area contributed by atoms with Crippen molar-refractivity contribution < 1.29 is 13.2 Å². The van der Waals surface area contributed by atoms with Gasteiger partial charge in [0.2, 0.25) is 0 Å². The van der Waals surface area contributed by atoms with E-state index < -0.39 is 9.84 Å². The Balaban J connectivity index is 1.77. The molecular weight excluding hydrogens is 326 g/mol. The molecular formula is C17H21N3O3S. The van der Waals surface area contributed by atoms with Crippen molar-refractivity contribution in [3.63, 3.8) is 0 Å². The topological polar surface area (TPSA) is 81.1 Å². The molecule has 0 bridgehead atoms. The molecule has 24 heavy (non-hydrogen) atoms. The van der Waals surface area contributed by atoms with E-state index in [0.29, 0.717) is 24.2 Å². The molecule has 2 aromatic rings. The maximum absolute atomic E-state index is 12.5. The van der Waals surface area contributed by atoms with Crippen LogP contribution in [0.25, 0.3) is 0 Å². The van der Waals surface area contributed by atoms with Gasteiger partial charge in [-0.2, -0.15) is 5.10 Å². The molecule has 1 aliphatic heterocycles. The maximum Gasteiger partial charge on any atom is 0.255 e. The largest absolute Gasteiger partial charge is 0.348 e. The van der Waals surface area contributed by atoms with Crippen LogP contribution in [0.1, 0.15) is 39.8 Å². The Morgan fingerprint density at radius 1 is 1.29 bits per heavy atom. The zero-order valence-electron chi connectivity index (χ0n) is 13.8. The first-order valence-electron chi connectivity index (χ1n) is 7.95. The predicted octanol–water partition coefficient (Wildman–Crippen LogP) is 1.79. The van der Waals surface area contributed by atoms with Crippen LogP contribution in [0.3, 0.4) is 0 Å². The van der Waals surface area contributed by atoms with E-state index in [9.17, 15) is 13.2 Å². The Bertz CT molecular complexity index is 857. The van der Waals surface area contributed by atoms with E-state index in [0.717, 1.165) is 11.3 Å². The summed E-state index contributed by atoms with van der Waals surface area (Å²) in [5.74, 6) is 0.104. The molecule has 1 unspecified atom stereocenters. The lowest BCUT2D eigenvalue weighted by Gasteiger charge is -2.11. The molecule has 0 saturated carbocycles. The van der Waals surface area contributed by atoms with E-state index >= 15 is 0 Å². The van der Waals surface area contributed by atoms with Crippen molar-refractivity contribution in [2.24, 2.45) is 0 Å². The number of carbonyl (C=O) groups excluding carboxylic acids is 1. The highest BCUT2D eigenvalue weighted by Crippen LogP contribution is 2.26. The molecule has 6 nitrogen and oxygen atoms in total. The summed E-state index contributed by atoms with van der Waals surface area (Å²) in [5.41, 5.74) is 2.91. The van der Waals surface area contributed by atoms with Crippen LogP contribution >= 0.6 is 0 Å². The molecule has 1 aromatic heterocycles. The van der Waals surface area contributed by atoms with Gasteiger partial charge in [-0.15, -0.1) is 0 Å². The highest BCUT2D eigenvalue weighted by atomic mass is 32.2. The molecule has 3 rings (SSSR count). The Morgan fingerprint density at radius 2 is 2.00 bits per heavy atom. The normalized spacial score (nSPS) is 19.3. The fourth-order valence-corrected chi connectivity index (χ4v) is 4.87. The fourth-order valence-electron chi connectivity index (χ4n) is 3.18. The Morgan fingerprint density at radius 3 is 2.62 bits per heavy atom. The van der Waals surface area contributed by atoms with Gasteiger partial charge in [0.25, 0.3) is 5.91 Å². The lowest BCUT2D eigenvalue weighted by molar-refractivity contribution is 0.0949. The summed E-state index contributed by atoms with van der Waals surface area (Å²) in [6, 6.07) is 9.51. The Kier molecular flexibility index (Phi) is 4.45. The van der Waals surface area contributed by atoms with Crippen LogP contribution in [0, 0.1) is 13.8 Å². The zero-order chi connectivity index (χ0) is 17.3. The highest BCUT2D eigenvalue weighted by molar-refractivity contribution is 7.91. The van der Waals surface area contributed by atoms with Gasteiger partial charge >= 0.3 is 0 Å². The molecule has 128 valence electrons. The van der Waals surface area contributed by atoms with Crippen molar-refractivity contribution in [1.29, 1.82) is 0 Å². The number of rotatable bonds is 4. The Hall–Kier alpha value is -2.15. The van der Waals surface area contributed by atoms with Crippen LogP contribution in [-0.4, -0.2) is 35.6 Å². The molecule has 1 saturated heterocycles. The fraction of sp³-hybridized carbons (Fsp3) is 0.412. The first-order chi connectivity index (χ1) is 11.4. The van der Waals surface area contributed by atoms with Gasteiger partial charge in [0.15, 0.2) is 9.84 Å². The number of nitrogens with one attached hydrogen (secondary N) is 1. The summed E-state index contributed by atoms with van der Waals surface area (Å²) >= 11 is 0. The number of hydrogen-bond acceptors (Lipinski definition) is 4. The van der Waals surface area contributed by atoms with Crippen LogP contribution in [0.5, 0.6) is 0 Å². The molecule has 1 fully saturated rings. The maximum atomic E-state index is 12.5. The molecule has 1 atom stereocenters. The van der Waals surface area contributed by atoms with E-state index in [2.05, 4.69) is 10.4 Å². The Labute approximate surface area is 141 Å². The molecule has 1 N–H and O–H groups in total. The lowest BCUT2D eigenvalue weighted by atomic mass is 10.1. The van der Waals surface area contributed by atoms with Gasteiger partial charge < -0.3 is 5.32 Å². The van der Waals surface area contributed by atoms with Crippen molar-refractivity contribution in [2.45, 2.75) is 32.9 Å². The summed E-state index contributed by atoms with van der Waals surface area (Å²) in [4.78, 5) is 12.5. The highest BCUT2D eigenvalue weighted by Gasteiger charge is 2.32. The van der Waals surface area contributed by atoms with Crippen molar-refractivity contribution in [2.75, 3.05) is 11.5 Å². The molecule has 7 heteroatoms. The van der Waals surface area contributed by atoms with Crippen LogP contribution in [0.15, 0.2) is 30.3 Å². The third-order valence-corrected chi connectivity index (χ3v) is 6.15. The van der Waals surface area contributed by atoms with Crippen molar-refractivity contribution >= 4 is 15.7 Å². The first-order valence-corrected chi connectivity index (χ1v) is 9.78. The van der Waals surface area contributed by atoms with Crippen LogP contribution in [0.2, 0.25) is 0 Å². The molecule has 1 aliphatic rings. The standard InChI is InChI=1S/C17H21N3O3S/c1-12-16(17(21)18-10-14-6-4-3-5-7-14)13(2)20(19-12)15-8-9-24(22,23)11-15/h3-7,15H,8-11H2,1-2H3,(H,18,21). The molecule has 1 amide bonds. The number of sulfone groups is 1. The summed E-state index contributed by atoms with van der Waals surface area (Å²) in [5, 5.41) is 7.33. The average molecular weight is 347 g/mol. The van der Waals surface area contributed by atoms with Crippen LogP contribution in [-0.2, 0) is 16.4 Å². The minimum absolute atomic E-state index is 0.0973. The van der Waals surface area contributed by atoms with E-state index in [1.54, 1.807) is 11.6 Å². The monoisotopic (exact) mass is 347 g/mol. The minimum Gasteiger partial charge on any atom is -0.348 e. The minimum atomic E-state index is -2.99. The molecule has 0 radical (unpaired) electrons. The number of hydrogen-bond donors (Lipinski definition) is 1. The third kappa shape index (κ3) is 3.36. The van der Waals surface area contributed by atoms with E-state index in [1.807, 2.05) is 37.3 Å². The second kappa shape index (κ2) is 6.39. The molecule has 0 spiro atoms.